The molecule has 0 aromatic carbocycles. The van der Waals surface area contributed by atoms with E-state index in [1.807, 2.05) is 0 Å². The van der Waals surface area contributed by atoms with E-state index < -0.39 is 5.41 Å². The lowest BCUT2D eigenvalue weighted by molar-refractivity contribution is -0.142. The third-order valence-electron chi connectivity index (χ3n) is 3.38. The Kier molecular flexibility index (Phi) is 2.92. The van der Waals surface area contributed by atoms with Gasteiger partial charge in [-0.05, 0) is 12.8 Å². The van der Waals surface area contributed by atoms with Crippen LogP contribution in [-0.4, -0.2) is 37.1 Å². The molecule has 2 aliphatic rings. The maximum atomic E-state index is 12.2. The molecule has 2 fully saturated rings. The Morgan fingerprint density at radius 1 is 1.27 bits per heavy atom. The van der Waals surface area contributed by atoms with E-state index in [0.29, 0.717) is 26.3 Å². The predicted molar refractivity (Wildman–Crippen MR) is 53.9 cm³/mol. The third-order valence-corrected chi connectivity index (χ3v) is 3.38. The second-order valence-corrected chi connectivity index (χ2v) is 4.31. The van der Waals surface area contributed by atoms with Gasteiger partial charge in [-0.1, -0.05) is 12.8 Å². The van der Waals surface area contributed by atoms with Crippen LogP contribution < -0.4 is 0 Å². The number of hydrogen-bond acceptors (Lipinski definition) is 3. The van der Waals surface area contributed by atoms with Crippen LogP contribution in [0.25, 0.3) is 0 Å². The van der Waals surface area contributed by atoms with Crippen LogP contribution in [0.3, 0.4) is 0 Å². The van der Waals surface area contributed by atoms with Crippen molar-refractivity contribution < 1.29 is 9.53 Å². The van der Waals surface area contributed by atoms with Crippen molar-refractivity contribution in [3.05, 3.63) is 0 Å². The van der Waals surface area contributed by atoms with E-state index in [1.165, 1.54) is 0 Å². The highest BCUT2D eigenvalue weighted by Crippen LogP contribution is 2.39. The molecule has 2 rings (SSSR count). The van der Waals surface area contributed by atoms with E-state index in [4.69, 9.17) is 4.74 Å². The maximum Gasteiger partial charge on any atom is 0.243 e. The molecule has 82 valence electrons. The monoisotopic (exact) mass is 208 g/mol. The first-order valence-corrected chi connectivity index (χ1v) is 5.57. The molecule has 0 aromatic heterocycles. The van der Waals surface area contributed by atoms with Gasteiger partial charge in [0.25, 0.3) is 0 Å². The summed E-state index contributed by atoms with van der Waals surface area (Å²) in [5.41, 5.74) is -0.711. The molecule has 0 N–H and O–H groups in total. The van der Waals surface area contributed by atoms with Crippen LogP contribution in [-0.2, 0) is 9.53 Å². The fourth-order valence-corrected chi connectivity index (χ4v) is 2.42. The fraction of sp³-hybridized carbons (Fsp3) is 0.818. The van der Waals surface area contributed by atoms with Gasteiger partial charge < -0.3 is 9.64 Å². The molecule has 4 heteroatoms. The largest absolute Gasteiger partial charge is 0.378 e. The van der Waals surface area contributed by atoms with E-state index in [1.54, 1.807) is 4.90 Å². The molecule has 1 amide bonds. The van der Waals surface area contributed by atoms with Gasteiger partial charge in [0.2, 0.25) is 5.91 Å². The minimum atomic E-state index is -0.711. The minimum Gasteiger partial charge on any atom is -0.378 e. The highest BCUT2D eigenvalue weighted by Gasteiger charge is 2.44. The molecule has 1 saturated heterocycles. The van der Waals surface area contributed by atoms with Crippen molar-refractivity contribution in [3.8, 4) is 6.07 Å². The summed E-state index contributed by atoms with van der Waals surface area (Å²) in [5, 5.41) is 9.19. The molecule has 15 heavy (non-hydrogen) atoms. The molecule has 1 aliphatic heterocycles. The first-order valence-electron chi connectivity index (χ1n) is 5.57. The smallest absolute Gasteiger partial charge is 0.243 e. The van der Waals surface area contributed by atoms with Crippen molar-refractivity contribution >= 4 is 5.91 Å². The molecular weight excluding hydrogens is 192 g/mol. The molecule has 0 spiro atoms. The van der Waals surface area contributed by atoms with Crippen LogP contribution in [0.4, 0.5) is 0 Å². The Labute approximate surface area is 89.8 Å². The van der Waals surface area contributed by atoms with Crippen LogP contribution >= 0.6 is 0 Å². The van der Waals surface area contributed by atoms with Gasteiger partial charge in [0, 0.05) is 13.1 Å². The van der Waals surface area contributed by atoms with Crippen molar-refractivity contribution in [2.75, 3.05) is 26.3 Å². The van der Waals surface area contributed by atoms with Gasteiger partial charge in [0.15, 0.2) is 0 Å². The number of amides is 1. The average Bonchev–Trinajstić information content (AvgIpc) is 2.79. The van der Waals surface area contributed by atoms with Gasteiger partial charge in [-0.25, -0.2) is 0 Å². The first kappa shape index (κ1) is 10.4. The van der Waals surface area contributed by atoms with Gasteiger partial charge in [0.1, 0.15) is 5.41 Å². The highest BCUT2D eigenvalue weighted by atomic mass is 16.5. The number of carbonyl (C=O) groups excluding carboxylic acids is 1. The quantitative estimate of drug-likeness (QED) is 0.644. The van der Waals surface area contributed by atoms with Crippen molar-refractivity contribution in [1.29, 1.82) is 5.26 Å². The third kappa shape index (κ3) is 1.84. The zero-order chi connectivity index (χ0) is 10.7. The molecule has 0 aromatic rings. The molecule has 1 saturated carbocycles. The standard InChI is InChI=1S/C11H16N2O2/c12-9-11(3-1-2-4-11)10(14)13-5-7-15-8-6-13/h1-8H2. The van der Waals surface area contributed by atoms with Gasteiger partial charge in [-0.3, -0.25) is 4.79 Å². The van der Waals surface area contributed by atoms with E-state index in [-0.39, 0.29) is 5.91 Å². The Hall–Kier alpha value is -1.08. The second-order valence-electron chi connectivity index (χ2n) is 4.31. The molecule has 0 atom stereocenters. The number of hydrogen-bond donors (Lipinski definition) is 0. The van der Waals surface area contributed by atoms with Crippen LogP contribution in [0.15, 0.2) is 0 Å². The van der Waals surface area contributed by atoms with Crippen molar-refractivity contribution in [3.63, 3.8) is 0 Å². The zero-order valence-corrected chi connectivity index (χ0v) is 8.87. The first-order chi connectivity index (χ1) is 7.28. The highest BCUT2D eigenvalue weighted by molar-refractivity contribution is 5.85. The predicted octanol–water partition coefficient (Wildman–Crippen LogP) is 0.929. The number of nitriles is 1. The van der Waals surface area contributed by atoms with E-state index in [2.05, 4.69) is 6.07 Å². The van der Waals surface area contributed by atoms with Crippen LogP contribution in [0.5, 0.6) is 0 Å². The normalized spacial score (nSPS) is 24.9. The summed E-state index contributed by atoms with van der Waals surface area (Å²) in [7, 11) is 0. The molecule has 0 unspecified atom stereocenters. The SMILES string of the molecule is N#CC1(C(=O)N2CCOCC2)CCCC1. The molecule has 0 radical (unpaired) electrons. The topological polar surface area (TPSA) is 53.3 Å². The lowest BCUT2D eigenvalue weighted by Crippen LogP contribution is -2.47. The summed E-state index contributed by atoms with van der Waals surface area (Å²) in [5.74, 6) is 0.0331. The van der Waals surface area contributed by atoms with Crippen LogP contribution in [0.2, 0.25) is 0 Å². The number of ether oxygens (including phenoxy) is 1. The van der Waals surface area contributed by atoms with E-state index in [0.717, 1.165) is 25.7 Å². The lowest BCUT2D eigenvalue weighted by atomic mass is 9.86. The lowest BCUT2D eigenvalue weighted by Gasteiger charge is -2.32. The average molecular weight is 208 g/mol. The Bertz CT molecular complexity index is 283. The van der Waals surface area contributed by atoms with Crippen molar-refractivity contribution in [1.82, 2.24) is 4.90 Å². The fourth-order valence-electron chi connectivity index (χ4n) is 2.42. The zero-order valence-electron chi connectivity index (χ0n) is 8.87. The molecular formula is C11H16N2O2. The van der Waals surface area contributed by atoms with Crippen molar-refractivity contribution in [2.45, 2.75) is 25.7 Å². The Balaban J connectivity index is 2.08. The number of morpholine rings is 1. The van der Waals surface area contributed by atoms with Crippen molar-refractivity contribution in [2.24, 2.45) is 5.41 Å². The summed E-state index contributed by atoms with van der Waals surface area (Å²) in [6.07, 6.45) is 3.48. The van der Waals surface area contributed by atoms with Gasteiger partial charge >= 0.3 is 0 Å². The van der Waals surface area contributed by atoms with Crippen LogP contribution in [0, 0.1) is 16.7 Å². The molecule has 1 aliphatic carbocycles. The van der Waals surface area contributed by atoms with Gasteiger partial charge in [-0.2, -0.15) is 5.26 Å². The molecule has 4 nitrogen and oxygen atoms in total. The number of nitrogens with zero attached hydrogens (tertiary/aromatic N) is 2. The molecule has 0 bridgehead atoms. The minimum absolute atomic E-state index is 0.0331. The molecule has 1 heterocycles. The van der Waals surface area contributed by atoms with Gasteiger partial charge in [0.05, 0.1) is 19.3 Å². The number of rotatable bonds is 1. The Morgan fingerprint density at radius 3 is 2.40 bits per heavy atom. The van der Waals surface area contributed by atoms with E-state index in [9.17, 15) is 10.1 Å². The second kappa shape index (κ2) is 4.19. The summed E-state index contributed by atoms with van der Waals surface area (Å²) >= 11 is 0. The summed E-state index contributed by atoms with van der Waals surface area (Å²) in [4.78, 5) is 14.0. The van der Waals surface area contributed by atoms with Gasteiger partial charge in [-0.15, -0.1) is 0 Å². The summed E-state index contributed by atoms with van der Waals surface area (Å²) in [6, 6.07) is 2.24. The number of carbonyl (C=O) groups is 1. The maximum absolute atomic E-state index is 12.2. The Morgan fingerprint density at radius 2 is 1.87 bits per heavy atom. The summed E-state index contributed by atoms with van der Waals surface area (Å²) in [6.45, 7) is 2.49. The summed E-state index contributed by atoms with van der Waals surface area (Å²) < 4.78 is 5.20. The van der Waals surface area contributed by atoms with E-state index >= 15 is 0 Å². The van der Waals surface area contributed by atoms with Crippen LogP contribution in [0.1, 0.15) is 25.7 Å².